The van der Waals surface area contributed by atoms with Crippen molar-refractivity contribution in [2.24, 2.45) is 0 Å². The van der Waals surface area contributed by atoms with Crippen molar-refractivity contribution in [2.75, 3.05) is 7.05 Å². The standard InChI is InChI=1S/C22H20N2O3S/c1-15(21-23-18-10-6-7-11-20(18)28-21)24(2)22(25)19-13-12-17(27-19)14-26-16-8-4-3-5-9-16/h3-13,15H,14H2,1-2H3/t15-/m0/s1. The number of amides is 1. The van der Waals surface area contributed by atoms with Crippen LogP contribution in [0.15, 0.2) is 71.1 Å². The van der Waals surface area contributed by atoms with Gasteiger partial charge in [0.25, 0.3) is 5.91 Å². The van der Waals surface area contributed by atoms with Crippen LogP contribution in [0, 0.1) is 0 Å². The summed E-state index contributed by atoms with van der Waals surface area (Å²) in [5, 5.41) is 0.899. The van der Waals surface area contributed by atoms with Crippen LogP contribution in [0.25, 0.3) is 10.2 Å². The van der Waals surface area contributed by atoms with E-state index in [9.17, 15) is 4.79 Å². The van der Waals surface area contributed by atoms with E-state index in [0.29, 0.717) is 11.5 Å². The number of para-hydroxylation sites is 2. The molecule has 2 aromatic heterocycles. The molecule has 2 heterocycles. The first-order valence-electron chi connectivity index (χ1n) is 9.01. The fraction of sp³-hybridized carbons (Fsp3) is 0.182. The molecule has 0 aliphatic carbocycles. The highest BCUT2D eigenvalue weighted by atomic mass is 32.1. The van der Waals surface area contributed by atoms with E-state index < -0.39 is 0 Å². The van der Waals surface area contributed by atoms with Crippen LogP contribution in [0.5, 0.6) is 5.75 Å². The first kappa shape index (κ1) is 18.3. The fourth-order valence-corrected chi connectivity index (χ4v) is 3.89. The van der Waals surface area contributed by atoms with Crippen molar-refractivity contribution in [3.05, 3.63) is 83.3 Å². The van der Waals surface area contributed by atoms with Gasteiger partial charge in [0.15, 0.2) is 5.76 Å². The highest BCUT2D eigenvalue weighted by Crippen LogP contribution is 2.29. The number of rotatable bonds is 6. The van der Waals surface area contributed by atoms with E-state index >= 15 is 0 Å². The lowest BCUT2D eigenvalue weighted by atomic mass is 10.3. The molecule has 1 amide bonds. The zero-order valence-electron chi connectivity index (χ0n) is 15.7. The minimum atomic E-state index is -0.183. The quantitative estimate of drug-likeness (QED) is 0.447. The Morgan fingerprint density at radius 1 is 1.11 bits per heavy atom. The van der Waals surface area contributed by atoms with Crippen LogP contribution in [0.1, 0.15) is 34.3 Å². The molecule has 0 bridgehead atoms. The summed E-state index contributed by atoms with van der Waals surface area (Å²) in [5.41, 5.74) is 0.952. The van der Waals surface area contributed by atoms with Gasteiger partial charge in [0, 0.05) is 7.05 Å². The molecular formula is C22H20N2O3S. The third-order valence-corrected chi connectivity index (χ3v) is 5.77. The smallest absolute Gasteiger partial charge is 0.289 e. The number of ether oxygens (including phenoxy) is 1. The highest BCUT2D eigenvalue weighted by Gasteiger charge is 2.24. The number of fused-ring (bicyclic) bond motifs is 1. The van der Waals surface area contributed by atoms with Crippen molar-refractivity contribution in [2.45, 2.75) is 19.6 Å². The summed E-state index contributed by atoms with van der Waals surface area (Å²) in [6.45, 7) is 2.24. The predicted molar refractivity (Wildman–Crippen MR) is 110 cm³/mol. The van der Waals surface area contributed by atoms with Crippen LogP contribution in [-0.2, 0) is 6.61 Å². The number of aromatic nitrogens is 1. The molecule has 0 fully saturated rings. The normalized spacial score (nSPS) is 12.1. The van der Waals surface area contributed by atoms with Gasteiger partial charge in [0.05, 0.1) is 16.3 Å². The molecule has 4 aromatic rings. The third kappa shape index (κ3) is 3.77. The maximum atomic E-state index is 12.8. The topological polar surface area (TPSA) is 55.6 Å². The molecule has 0 saturated carbocycles. The van der Waals surface area contributed by atoms with Crippen molar-refractivity contribution in [3.63, 3.8) is 0 Å². The Kier molecular flexibility index (Phi) is 5.12. The van der Waals surface area contributed by atoms with Crippen molar-refractivity contribution < 1.29 is 13.9 Å². The Bertz CT molecular complexity index is 1050. The molecule has 0 aliphatic heterocycles. The van der Waals surface area contributed by atoms with Gasteiger partial charge in [-0.1, -0.05) is 30.3 Å². The van der Waals surface area contributed by atoms with Crippen molar-refractivity contribution in [1.82, 2.24) is 9.88 Å². The second-order valence-electron chi connectivity index (χ2n) is 6.48. The van der Waals surface area contributed by atoms with Crippen LogP contribution in [-0.4, -0.2) is 22.8 Å². The summed E-state index contributed by atoms with van der Waals surface area (Å²) in [6.07, 6.45) is 0. The molecule has 28 heavy (non-hydrogen) atoms. The first-order valence-corrected chi connectivity index (χ1v) is 9.82. The van der Waals surface area contributed by atoms with Gasteiger partial charge < -0.3 is 14.1 Å². The molecule has 1 atom stereocenters. The van der Waals surface area contributed by atoms with Crippen LogP contribution in [0.3, 0.4) is 0 Å². The lowest BCUT2D eigenvalue weighted by Crippen LogP contribution is -2.29. The zero-order chi connectivity index (χ0) is 19.5. The number of furan rings is 1. The molecule has 142 valence electrons. The number of benzene rings is 2. The highest BCUT2D eigenvalue weighted by molar-refractivity contribution is 7.18. The molecule has 4 rings (SSSR count). The number of hydrogen-bond acceptors (Lipinski definition) is 5. The van der Waals surface area contributed by atoms with E-state index in [-0.39, 0.29) is 18.6 Å². The number of hydrogen-bond donors (Lipinski definition) is 0. The molecule has 0 unspecified atom stereocenters. The average molecular weight is 392 g/mol. The maximum absolute atomic E-state index is 12.8. The van der Waals surface area contributed by atoms with E-state index in [1.165, 1.54) is 0 Å². The van der Waals surface area contributed by atoms with Crippen LogP contribution in [0.2, 0.25) is 0 Å². The van der Waals surface area contributed by atoms with Crippen LogP contribution < -0.4 is 4.74 Å². The van der Waals surface area contributed by atoms with Gasteiger partial charge in [-0.15, -0.1) is 11.3 Å². The Balaban J connectivity index is 1.44. The second kappa shape index (κ2) is 7.86. The minimum Gasteiger partial charge on any atom is -0.486 e. The van der Waals surface area contributed by atoms with Gasteiger partial charge in [-0.3, -0.25) is 4.79 Å². The summed E-state index contributed by atoms with van der Waals surface area (Å²) in [5.74, 6) is 1.47. The number of carbonyl (C=O) groups excluding carboxylic acids is 1. The Morgan fingerprint density at radius 2 is 1.86 bits per heavy atom. The van der Waals surface area contributed by atoms with E-state index in [1.807, 2.05) is 61.5 Å². The van der Waals surface area contributed by atoms with Gasteiger partial charge in [0.2, 0.25) is 0 Å². The zero-order valence-corrected chi connectivity index (χ0v) is 16.5. The minimum absolute atomic E-state index is 0.154. The summed E-state index contributed by atoms with van der Waals surface area (Å²) < 4.78 is 12.5. The summed E-state index contributed by atoms with van der Waals surface area (Å²) in [7, 11) is 1.77. The van der Waals surface area contributed by atoms with Gasteiger partial charge in [-0.25, -0.2) is 4.98 Å². The molecule has 0 N–H and O–H groups in total. The van der Waals surface area contributed by atoms with Gasteiger partial charge in [-0.2, -0.15) is 0 Å². The molecular weight excluding hydrogens is 372 g/mol. The molecule has 6 heteroatoms. The van der Waals surface area contributed by atoms with Gasteiger partial charge in [-0.05, 0) is 43.3 Å². The SMILES string of the molecule is C[C@@H](c1nc2ccccc2s1)N(C)C(=O)c1ccc(COc2ccccc2)o1. The number of thiazole rings is 1. The van der Waals surface area contributed by atoms with Crippen LogP contribution >= 0.6 is 11.3 Å². The van der Waals surface area contributed by atoms with Gasteiger partial charge >= 0.3 is 0 Å². The van der Waals surface area contributed by atoms with E-state index in [0.717, 1.165) is 21.0 Å². The summed E-state index contributed by atoms with van der Waals surface area (Å²) in [6, 6.07) is 20.8. The lowest BCUT2D eigenvalue weighted by molar-refractivity contribution is 0.0706. The lowest BCUT2D eigenvalue weighted by Gasteiger charge is -2.22. The third-order valence-electron chi connectivity index (χ3n) is 4.57. The maximum Gasteiger partial charge on any atom is 0.289 e. The number of carbonyl (C=O) groups is 1. The second-order valence-corrected chi connectivity index (χ2v) is 7.54. The van der Waals surface area contributed by atoms with Gasteiger partial charge in [0.1, 0.15) is 23.1 Å². The average Bonchev–Trinajstić information content (AvgIpc) is 3.38. The molecule has 0 saturated heterocycles. The Labute approximate surface area is 167 Å². The Morgan fingerprint density at radius 3 is 2.64 bits per heavy atom. The van der Waals surface area contributed by atoms with Crippen molar-refractivity contribution >= 4 is 27.5 Å². The molecule has 2 aromatic carbocycles. The Hall–Kier alpha value is -3.12. The van der Waals surface area contributed by atoms with Crippen molar-refractivity contribution in [3.8, 4) is 5.75 Å². The van der Waals surface area contributed by atoms with Crippen molar-refractivity contribution in [1.29, 1.82) is 0 Å². The number of nitrogens with zero attached hydrogens (tertiary/aromatic N) is 2. The summed E-state index contributed by atoms with van der Waals surface area (Å²) >= 11 is 1.60. The van der Waals surface area contributed by atoms with E-state index in [4.69, 9.17) is 9.15 Å². The monoisotopic (exact) mass is 392 g/mol. The molecule has 0 aliphatic rings. The largest absolute Gasteiger partial charge is 0.486 e. The molecule has 0 spiro atoms. The fourth-order valence-electron chi connectivity index (χ4n) is 2.83. The summed E-state index contributed by atoms with van der Waals surface area (Å²) in [4.78, 5) is 19.1. The first-order chi connectivity index (χ1) is 13.6. The molecule has 0 radical (unpaired) electrons. The molecule has 5 nitrogen and oxygen atoms in total. The predicted octanol–water partition coefficient (Wildman–Crippen LogP) is 5.30. The van der Waals surface area contributed by atoms with E-state index in [1.54, 1.807) is 35.4 Å². The van der Waals surface area contributed by atoms with E-state index in [2.05, 4.69) is 4.98 Å². The van der Waals surface area contributed by atoms with Crippen LogP contribution in [0.4, 0.5) is 0 Å².